The number of nitrogens with zero attached hydrogens (tertiary/aromatic N) is 9. The van der Waals surface area contributed by atoms with E-state index in [9.17, 15) is 14.7 Å². The molecule has 2 saturated heterocycles. The number of aliphatic hydroxyl groups is 1. The highest BCUT2D eigenvalue weighted by atomic mass is 32.5. The maximum absolute atomic E-state index is 18.2. The molecule has 0 radical (unpaired) electrons. The van der Waals surface area contributed by atoms with Gasteiger partial charge in [0.15, 0.2) is 52.6 Å². The molecule has 0 bridgehead atoms. The number of carbonyl (C=O) groups excluding carboxylic acids is 2. The Morgan fingerprint density at radius 1 is 0.659 bits per heavy atom. The molecule has 2 aliphatic rings. The number of hydrogen-bond donors (Lipinski definition) is 3. The van der Waals surface area contributed by atoms with E-state index in [0.29, 0.717) is 39.3 Å². The fraction of sp³-hybridized carbons (Fsp3) is 0.271. The molecule has 6 heterocycles. The van der Waals surface area contributed by atoms with Crippen LogP contribution in [-0.4, -0.2) is 140 Å². The molecule has 4 aromatic heterocycles. The molecule has 0 aliphatic carbocycles. The number of fused-ring (bicyclic) bond motifs is 2. The summed E-state index contributed by atoms with van der Waals surface area (Å²) in [7, 11) is 4.52. The molecule has 2 fully saturated rings. The van der Waals surface area contributed by atoms with Crippen molar-refractivity contribution in [2.24, 2.45) is 0 Å². The van der Waals surface area contributed by atoms with Gasteiger partial charge in [-0.15, -0.1) is 0 Å². The minimum atomic E-state index is -4.23. The minimum Gasteiger partial charge on any atom is -0.497 e. The summed E-state index contributed by atoms with van der Waals surface area (Å²) in [6.07, 6.45) is -6.14. The first-order valence-electron chi connectivity index (χ1n) is 26.6. The van der Waals surface area contributed by atoms with Crippen LogP contribution >= 0.6 is 6.72 Å². The maximum atomic E-state index is 18.2. The Kier molecular flexibility index (Phi) is 17.7. The van der Waals surface area contributed by atoms with Crippen LogP contribution in [0.3, 0.4) is 0 Å². The molecular formula is C59H55FN11O12PS. The van der Waals surface area contributed by atoms with E-state index in [1.807, 2.05) is 54.6 Å². The molecule has 3 N–H and O–H groups in total. The highest BCUT2D eigenvalue weighted by molar-refractivity contribution is 8.07. The summed E-state index contributed by atoms with van der Waals surface area (Å²) >= 11 is 6.13. The second-order valence-corrected chi connectivity index (χ2v) is 22.3. The summed E-state index contributed by atoms with van der Waals surface area (Å²) in [4.78, 5) is 56.4. The number of imidazole rings is 2. The number of aromatic nitrogens is 8. The zero-order chi connectivity index (χ0) is 59.1. The van der Waals surface area contributed by atoms with E-state index in [2.05, 4.69) is 45.4 Å². The Morgan fingerprint density at radius 2 is 1.15 bits per heavy atom. The van der Waals surface area contributed by atoms with E-state index in [1.165, 1.54) is 41.6 Å². The van der Waals surface area contributed by atoms with E-state index in [1.54, 1.807) is 99.1 Å². The second-order valence-electron chi connectivity index (χ2n) is 19.3. The Bertz CT molecular complexity index is 3820. The van der Waals surface area contributed by atoms with Crippen molar-refractivity contribution in [1.82, 2.24) is 39.0 Å². The zero-order valence-corrected chi connectivity index (χ0v) is 47.4. The summed E-state index contributed by atoms with van der Waals surface area (Å²) in [5.41, 5.74) is 2.08. The Labute approximate surface area is 491 Å². The van der Waals surface area contributed by atoms with Crippen LogP contribution in [0.2, 0.25) is 0 Å². The van der Waals surface area contributed by atoms with E-state index in [-0.39, 0.29) is 53.7 Å². The molecular weight excluding hydrogens is 1140 g/mol. The number of anilines is 2. The molecule has 2 aliphatic heterocycles. The first kappa shape index (κ1) is 58.3. The number of nitrogens with one attached hydrogen (secondary N) is 2. The summed E-state index contributed by atoms with van der Waals surface area (Å²) in [5, 5.41) is 17.4. The van der Waals surface area contributed by atoms with Gasteiger partial charge in [0, 0.05) is 18.2 Å². The van der Waals surface area contributed by atoms with Gasteiger partial charge in [-0.05, 0) is 77.0 Å². The number of methoxy groups -OCH3 is 3. The smallest absolute Gasteiger partial charge is 0.328 e. The average Bonchev–Trinajstić information content (AvgIpc) is 2.22. The summed E-state index contributed by atoms with van der Waals surface area (Å²) in [6, 6.07) is 41.3. The van der Waals surface area contributed by atoms with Crippen molar-refractivity contribution >= 4 is 64.3 Å². The molecule has 85 heavy (non-hydrogen) atoms. The molecule has 11 rings (SSSR count). The number of aliphatic hydroxyl groups excluding tert-OH is 1. The molecule has 0 spiro atoms. The van der Waals surface area contributed by atoms with Crippen molar-refractivity contribution in [2.45, 2.75) is 54.7 Å². The number of halogens is 1. The van der Waals surface area contributed by atoms with Crippen LogP contribution < -0.4 is 20.1 Å². The molecule has 3 unspecified atom stereocenters. The van der Waals surface area contributed by atoms with Gasteiger partial charge in [-0.1, -0.05) is 91.0 Å². The van der Waals surface area contributed by atoms with Crippen molar-refractivity contribution in [3.05, 3.63) is 204 Å². The van der Waals surface area contributed by atoms with Gasteiger partial charge in [-0.2, -0.15) is 0 Å². The molecule has 5 aromatic carbocycles. The van der Waals surface area contributed by atoms with Crippen LogP contribution in [0.25, 0.3) is 27.2 Å². The molecule has 9 aromatic rings. The molecule has 26 heteroatoms. The molecule has 0 saturated carbocycles. The Hall–Kier alpha value is -8.51. The number of carbonyl (C=O) groups is 2. The number of rotatable bonds is 23. The van der Waals surface area contributed by atoms with E-state index >= 15 is 4.39 Å². The van der Waals surface area contributed by atoms with Gasteiger partial charge in [-0.3, -0.25) is 23.2 Å². The third kappa shape index (κ3) is 12.0. The minimum absolute atomic E-state index is 0.0586. The maximum Gasteiger partial charge on any atom is 0.328 e. The number of hydrogen-bond acceptors (Lipinski definition) is 19. The van der Waals surface area contributed by atoms with Crippen molar-refractivity contribution < 1.29 is 61.1 Å². The topological polar surface area (TPSA) is 253 Å². The van der Waals surface area contributed by atoms with Gasteiger partial charge < -0.3 is 58.1 Å². The van der Waals surface area contributed by atoms with Gasteiger partial charge in [0.25, 0.3) is 11.8 Å². The average molecular weight is 1190 g/mol. The third-order valence-corrected chi connectivity index (χ3v) is 16.7. The highest BCUT2D eigenvalue weighted by Gasteiger charge is 2.53. The third-order valence-electron chi connectivity index (χ3n) is 14.4. The predicted molar refractivity (Wildman–Crippen MR) is 310 cm³/mol. The SMILES string of the molecule is [C-]#[N+]CCOP(=S)(OC[C@H]1O[C@@H](n2cnc3c(NC(=O)c4ccccc4)ncnc32)[C@@H](OC)C1O)OC1[C@@H](COC(c2ccccc2)(c2ccc(OC)cc2)c2ccc(OC)cc2)O[C@@H](n2cnc3c(NC(=O)c4ccccc4)ncnc32)[C@H]1F. The first-order chi connectivity index (χ1) is 41.4. The van der Waals surface area contributed by atoms with Gasteiger partial charge >= 0.3 is 6.72 Å². The van der Waals surface area contributed by atoms with Crippen LogP contribution in [0.5, 0.6) is 11.5 Å². The largest absolute Gasteiger partial charge is 0.497 e. The highest BCUT2D eigenvalue weighted by Crippen LogP contribution is 2.55. The summed E-state index contributed by atoms with van der Waals surface area (Å²) in [6.45, 7) is 2.00. The van der Waals surface area contributed by atoms with Crippen LogP contribution in [0.4, 0.5) is 16.0 Å². The fourth-order valence-corrected chi connectivity index (χ4v) is 12.3. The lowest BCUT2D eigenvalue weighted by Gasteiger charge is -2.37. The number of ether oxygens (including phenoxy) is 6. The first-order valence-corrected chi connectivity index (χ1v) is 29.1. The number of amides is 2. The lowest BCUT2D eigenvalue weighted by molar-refractivity contribution is -0.0933. The monoisotopic (exact) mass is 1190 g/mol. The van der Waals surface area contributed by atoms with E-state index < -0.39 is 79.9 Å². The molecule has 9 atom stereocenters. The predicted octanol–water partition coefficient (Wildman–Crippen LogP) is 8.27. The van der Waals surface area contributed by atoms with Gasteiger partial charge in [-0.25, -0.2) is 40.9 Å². The van der Waals surface area contributed by atoms with Gasteiger partial charge in [0.05, 0.1) is 40.1 Å². The lowest BCUT2D eigenvalue weighted by Crippen LogP contribution is -2.40. The second kappa shape index (κ2) is 25.8. The molecule has 436 valence electrons. The van der Waals surface area contributed by atoms with Crippen LogP contribution in [-0.2, 0) is 49.9 Å². The molecule has 23 nitrogen and oxygen atoms in total. The number of benzene rings is 5. The van der Waals surface area contributed by atoms with Crippen molar-refractivity contribution in [1.29, 1.82) is 0 Å². The van der Waals surface area contributed by atoms with E-state index in [4.69, 9.17) is 60.4 Å². The molecule has 2 amide bonds. The normalized spacial score (nSPS) is 21.1. The van der Waals surface area contributed by atoms with Crippen molar-refractivity contribution in [3.63, 3.8) is 0 Å². The van der Waals surface area contributed by atoms with Crippen LogP contribution in [0, 0.1) is 6.57 Å². The standard InChI is InChI=1S/C59H55FN11O12PS/c1-61-28-29-79-84(85,80-31-43-48(72)50(77-4)58(81-43)71-35-67-47-52(63-33-65-54(47)71)69-56(74)37-16-10-6-11-17-37)83-49-44(82-57(45(49)60)70-34-66-46-51(62-32-64-53(46)70)68-55(73)36-14-8-5-9-15-36)30-78-59(38-18-12-7-13-19-38,39-20-24-41(75-2)25-21-39)40-22-26-42(76-3)27-23-40/h5-27,32-35,43-45,48-50,57-58,72H,28-31H2,2-4H3,(H,62,64,68,73)(H,63,65,69,74)/t43-,44-,45+,48?,49?,50+,57-,58-,84?/m1/s1. The zero-order valence-electron chi connectivity index (χ0n) is 45.7. The van der Waals surface area contributed by atoms with Gasteiger partial charge in [0.2, 0.25) is 6.54 Å². The van der Waals surface area contributed by atoms with Crippen molar-refractivity contribution in [2.75, 3.05) is 58.3 Å². The number of alkyl halides is 1. The van der Waals surface area contributed by atoms with Crippen LogP contribution in [0.1, 0.15) is 49.9 Å². The quantitative estimate of drug-likeness (QED) is 0.0236. The van der Waals surface area contributed by atoms with Crippen molar-refractivity contribution in [3.8, 4) is 11.5 Å². The Morgan fingerprint density at radius 3 is 1.66 bits per heavy atom. The van der Waals surface area contributed by atoms with Crippen LogP contribution in [0.15, 0.2) is 165 Å². The van der Waals surface area contributed by atoms with E-state index in [0.717, 1.165) is 0 Å². The van der Waals surface area contributed by atoms with Gasteiger partial charge in [0.1, 0.15) is 66.9 Å². The Balaban J connectivity index is 0.925. The lowest BCUT2D eigenvalue weighted by atomic mass is 9.80. The summed E-state index contributed by atoms with van der Waals surface area (Å²) in [5.74, 6) is 0.487. The fourth-order valence-electron chi connectivity index (χ4n) is 10.2. The summed E-state index contributed by atoms with van der Waals surface area (Å²) < 4.78 is 77.7.